The lowest BCUT2D eigenvalue weighted by Crippen LogP contribution is -2.50. The summed E-state index contributed by atoms with van der Waals surface area (Å²) >= 11 is 0. The van der Waals surface area contributed by atoms with Gasteiger partial charge in [-0.3, -0.25) is 14.5 Å². The molecule has 3 aliphatic rings. The molecule has 0 N–H and O–H groups in total. The van der Waals surface area contributed by atoms with Gasteiger partial charge in [-0.05, 0) is 55.0 Å². The van der Waals surface area contributed by atoms with Crippen molar-refractivity contribution in [1.82, 2.24) is 14.7 Å². The second kappa shape index (κ2) is 13.0. The van der Waals surface area contributed by atoms with E-state index in [4.69, 9.17) is 0 Å². The highest BCUT2D eigenvalue weighted by Gasteiger charge is 2.27. The lowest BCUT2D eigenvalue weighted by atomic mass is 9.94. The Morgan fingerprint density at radius 2 is 1.51 bits per heavy atom. The van der Waals surface area contributed by atoms with Gasteiger partial charge in [-0.1, -0.05) is 46.8 Å². The van der Waals surface area contributed by atoms with Crippen LogP contribution in [0.25, 0.3) is 0 Å². The van der Waals surface area contributed by atoms with Crippen molar-refractivity contribution < 1.29 is 9.59 Å². The molecule has 196 valence electrons. The topological polar surface area (TPSA) is 47.1 Å². The molecule has 0 saturated carbocycles. The van der Waals surface area contributed by atoms with Crippen molar-refractivity contribution in [2.75, 3.05) is 63.8 Å². The number of benzene rings is 1. The number of piperidine rings is 2. The third-order valence-electron chi connectivity index (χ3n) is 7.28. The van der Waals surface area contributed by atoms with Crippen molar-refractivity contribution >= 4 is 17.4 Å². The van der Waals surface area contributed by atoms with Gasteiger partial charge in [0.15, 0.2) is 0 Å². The maximum atomic E-state index is 12.3. The highest BCUT2D eigenvalue weighted by atomic mass is 16.2. The van der Waals surface area contributed by atoms with Crippen LogP contribution >= 0.6 is 0 Å². The fourth-order valence-corrected chi connectivity index (χ4v) is 5.56. The maximum absolute atomic E-state index is 12.3. The van der Waals surface area contributed by atoms with Crippen molar-refractivity contribution in [2.24, 2.45) is 11.3 Å². The van der Waals surface area contributed by atoms with E-state index >= 15 is 0 Å². The molecule has 0 unspecified atom stereocenters. The van der Waals surface area contributed by atoms with Crippen LogP contribution in [0.2, 0.25) is 0 Å². The second-order valence-electron chi connectivity index (χ2n) is 11.5. The Morgan fingerprint density at radius 3 is 2.14 bits per heavy atom. The van der Waals surface area contributed by atoms with Crippen LogP contribution in [0, 0.1) is 11.3 Å². The average molecular weight is 485 g/mol. The van der Waals surface area contributed by atoms with Crippen molar-refractivity contribution in [3.05, 3.63) is 29.8 Å². The van der Waals surface area contributed by atoms with Crippen LogP contribution in [0.1, 0.15) is 65.9 Å². The Kier molecular flexibility index (Phi) is 10.3. The zero-order chi connectivity index (χ0) is 25.4. The molecule has 0 bridgehead atoms. The van der Waals surface area contributed by atoms with Crippen molar-refractivity contribution in [3.63, 3.8) is 0 Å². The van der Waals surface area contributed by atoms with E-state index in [9.17, 15) is 9.59 Å². The van der Waals surface area contributed by atoms with Gasteiger partial charge in [-0.15, -0.1) is 0 Å². The number of likely N-dealkylation sites (tertiary alicyclic amines) is 1. The molecule has 3 fully saturated rings. The Bertz CT molecular complexity index is 818. The fourth-order valence-electron chi connectivity index (χ4n) is 5.56. The van der Waals surface area contributed by atoms with Crippen molar-refractivity contribution in [1.29, 1.82) is 0 Å². The van der Waals surface area contributed by atoms with E-state index < -0.39 is 0 Å². The minimum Gasteiger partial charge on any atom is -0.312 e. The van der Waals surface area contributed by atoms with Gasteiger partial charge in [-0.25, -0.2) is 0 Å². The van der Waals surface area contributed by atoms with Gasteiger partial charge in [0.05, 0.1) is 6.42 Å². The number of rotatable bonds is 6. The van der Waals surface area contributed by atoms with Crippen LogP contribution in [-0.2, 0) is 16.1 Å². The van der Waals surface area contributed by atoms with Gasteiger partial charge in [0, 0.05) is 64.5 Å². The largest absolute Gasteiger partial charge is 0.312 e. The number of anilines is 1. The van der Waals surface area contributed by atoms with Gasteiger partial charge in [0.25, 0.3) is 0 Å². The predicted molar refractivity (Wildman–Crippen MR) is 145 cm³/mol. The first-order chi connectivity index (χ1) is 16.7. The number of nitrogens with zero attached hydrogens (tertiary/aromatic N) is 4. The van der Waals surface area contributed by atoms with Crippen molar-refractivity contribution in [3.8, 4) is 0 Å². The lowest BCUT2D eigenvalue weighted by molar-refractivity contribution is -0.128. The number of carbonyl (C=O) groups excluding carboxylic acids is 2. The summed E-state index contributed by atoms with van der Waals surface area (Å²) in [4.78, 5) is 33.5. The zero-order valence-corrected chi connectivity index (χ0v) is 22.9. The molecule has 3 saturated heterocycles. The predicted octanol–water partition coefficient (Wildman–Crippen LogP) is 4.28. The summed E-state index contributed by atoms with van der Waals surface area (Å²) in [5, 5.41) is 0. The third-order valence-corrected chi connectivity index (χ3v) is 7.28. The number of Topliss-reactive ketones (excluding diaryl/α,β-unsaturated/α-hetero) is 1. The number of ketones is 1. The fraction of sp³-hybridized carbons (Fsp3) is 0.724. The molecular formula is C29H48N4O2. The van der Waals surface area contributed by atoms with Crippen LogP contribution in [0.5, 0.6) is 0 Å². The molecule has 4 rings (SSSR count). The molecule has 3 aliphatic heterocycles. The van der Waals surface area contributed by atoms with E-state index in [1.54, 1.807) is 4.90 Å². The number of amides is 1. The van der Waals surface area contributed by atoms with Crippen molar-refractivity contribution in [2.45, 2.75) is 66.8 Å². The summed E-state index contributed by atoms with van der Waals surface area (Å²) in [7, 11) is 0. The Labute approximate surface area is 213 Å². The van der Waals surface area contributed by atoms with E-state index in [2.05, 4.69) is 47.6 Å². The first-order valence-electron chi connectivity index (χ1n) is 13.8. The molecule has 1 amide bonds. The molecule has 0 aromatic heterocycles. The quantitative estimate of drug-likeness (QED) is 0.564. The van der Waals surface area contributed by atoms with E-state index in [1.165, 1.54) is 57.7 Å². The molecule has 0 spiro atoms. The smallest absolute Gasteiger partial charge is 0.234 e. The van der Waals surface area contributed by atoms with E-state index in [0.717, 1.165) is 31.2 Å². The number of hydrogen-bond donors (Lipinski definition) is 0. The first-order valence-corrected chi connectivity index (χ1v) is 13.8. The van der Waals surface area contributed by atoms with E-state index in [1.807, 2.05) is 26.0 Å². The van der Waals surface area contributed by atoms with E-state index in [-0.39, 0.29) is 18.1 Å². The van der Waals surface area contributed by atoms with Gasteiger partial charge in [0.1, 0.15) is 5.78 Å². The normalized spacial score (nSPS) is 21.7. The van der Waals surface area contributed by atoms with Crippen LogP contribution in [-0.4, -0.2) is 85.3 Å². The number of piperazine rings is 1. The zero-order valence-electron chi connectivity index (χ0n) is 22.9. The number of hydrogen-bond acceptors (Lipinski definition) is 5. The maximum Gasteiger partial charge on any atom is 0.234 e. The number of carbonyl (C=O) groups is 2. The Hall–Kier alpha value is -1.76. The lowest BCUT2D eigenvalue weighted by Gasteiger charge is -2.40. The summed E-state index contributed by atoms with van der Waals surface area (Å²) in [6.45, 7) is 22.0. The Balaban J connectivity index is 0.00000167. The Morgan fingerprint density at radius 1 is 0.857 bits per heavy atom. The summed E-state index contributed by atoms with van der Waals surface area (Å²) < 4.78 is 0. The summed E-state index contributed by atoms with van der Waals surface area (Å²) in [5.74, 6) is 0.802. The SMILES string of the molecule is CC.CC(C)(C)CN1CCN(CC2CCN(Cc3cccc(N4CCC(=O)CC4=O)c3)CC2)CC1. The highest BCUT2D eigenvalue weighted by molar-refractivity contribution is 6.08. The van der Waals surface area contributed by atoms with Crippen LogP contribution in [0.15, 0.2) is 24.3 Å². The third kappa shape index (κ3) is 8.69. The van der Waals surface area contributed by atoms with Crippen LogP contribution in [0.3, 0.4) is 0 Å². The average Bonchev–Trinajstić information content (AvgIpc) is 2.82. The minimum absolute atomic E-state index is 0.0450. The molecule has 6 heteroatoms. The van der Waals surface area contributed by atoms with Crippen LogP contribution < -0.4 is 4.90 Å². The molecule has 3 heterocycles. The van der Waals surface area contributed by atoms with Gasteiger partial charge in [-0.2, -0.15) is 0 Å². The molecule has 1 aromatic carbocycles. The summed E-state index contributed by atoms with van der Waals surface area (Å²) in [6, 6.07) is 8.33. The molecule has 0 radical (unpaired) electrons. The van der Waals surface area contributed by atoms with Gasteiger partial charge >= 0.3 is 0 Å². The molecule has 0 aliphatic carbocycles. The standard InChI is InChI=1S/C27H42N4O2.C2H6/c1-27(2,3)21-30-15-13-29(14-16-30)19-22-7-10-28(11-8-22)20-23-5-4-6-24(17-23)31-12-9-25(32)18-26(31)33;1-2/h4-6,17,22H,7-16,18-21H2,1-3H3;1-2H3. The van der Waals surface area contributed by atoms with Crippen LogP contribution in [0.4, 0.5) is 5.69 Å². The second-order valence-corrected chi connectivity index (χ2v) is 11.5. The first kappa shape index (κ1) is 27.8. The summed E-state index contributed by atoms with van der Waals surface area (Å²) in [6.07, 6.45) is 3.06. The van der Waals surface area contributed by atoms with E-state index in [0.29, 0.717) is 18.4 Å². The van der Waals surface area contributed by atoms with Gasteiger partial charge in [0.2, 0.25) is 5.91 Å². The minimum atomic E-state index is -0.0662. The molecule has 1 aromatic rings. The highest BCUT2D eigenvalue weighted by Crippen LogP contribution is 2.24. The molecule has 35 heavy (non-hydrogen) atoms. The molecular weight excluding hydrogens is 436 g/mol. The monoisotopic (exact) mass is 484 g/mol. The molecule has 6 nitrogen and oxygen atoms in total. The van der Waals surface area contributed by atoms with Gasteiger partial charge < -0.3 is 14.7 Å². The molecule has 0 atom stereocenters. The summed E-state index contributed by atoms with van der Waals surface area (Å²) in [5.41, 5.74) is 2.58.